The van der Waals surface area contributed by atoms with Crippen molar-refractivity contribution in [3.8, 4) is 27.3 Å². The van der Waals surface area contributed by atoms with E-state index in [0.29, 0.717) is 38.2 Å². The molecule has 72 heavy (non-hydrogen) atoms. The molecule has 2 fully saturated rings. The minimum Gasteiger partial charge on any atom is -0.512 e. The van der Waals surface area contributed by atoms with Crippen LogP contribution in [0, 0.1) is 24.7 Å². The predicted molar refractivity (Wildman–Crippen MR) is 281 cm³/mol. The molecule has 0 radical (unpaired) electrons. The topological polar surface area (TPSA) is 183 Å². The fourth-order valence-corrected chi connectivity index (χ4v) is 10.5. The van der Waals surface area contributed by atoms with Gasteiger partial charge in [-0.1, -0.05) is 83.1 Å². The van der Waals surface area contributed by atoms with E-state index in [0.717, 1.165) is 89.0 Å². The first-order valence-corrected chi connectivity index (χ1v) is 26.1. The number of aliphatic hydroxyl groups excluding tert-OH is 2. The lowest BCUT2D eigenvalue weighted by atomic mass is 9.74. The van der Waals surface area contributed by atoms with Gasteiger partial charge >= 0.3 is 0 Å². The summed E-state index contributed by atoms with van der Waals surface area (Å²) in [5, 5.41) is 27.4. The highest BCUT2D eigenvalue weighted by Crippen LogP contribution is 2.41. The number of nitrogens with one attached hydrogen (secondary N) is 2. The van der Waals surface area contributed by atoms with Crippen LogP contribution in [0.2, 0.25) is 0 Å². The van der Waals surface area contributed by atoms with Gasteiger partial charge in [-0.15, -0.1) is 11.3 Å². The molecule has 4 atom stereocenters. The Balaban J connectivity index is 0.764. The highest BCUT2D eigenvalue weighted by Gasteiger charge is 2.45. The van der Waals surface area contributed by atoms with Gasteiger partial charge in [0.15, 0.2) is 5.78 Å². The minimum atomic E-state index is -0.956. The fraction of sp³-hybridized carbons (Fsp3) is 0.518. The smallest absolute Gasteiger partial charge is 0.246 e. The van der Waals surface area contributed by atoms with Gasteiger partial charge in [0, 0.05) is 65.1 Å². The van der Waals surface area contributed by atoms with Crippen LogP contribution >= 0.6 is 11.3 Å². The maximum absolute atomic E-state index is 14.1. The second-order valence-corrected chi connectivity index (χ2v) is 22.2. The number of hydrogen-bond acceptors (Lipinski definition) is 13. The van der Waals surface area contributed by atoms with Gasteiger partial charge in [-0.25, -0.2) is 4.98 Å². The van der Waals surface area contributed by atoms with E-state index >= 15 is 0 Å². The number of thiazole rings is 1. The molecule has 4 aromatic rings. The zero-order valence-electron chi connectivity index (χ0n) is 43.3. The molecule has 2 aliphatic heterocycles. The van der Waals surface area contributed by atoms with Crippen LogP contribution in [0.4, 0.5) is 0 Å². The Morgan fingerprint density at radius 2 is 1.49 bits per heavy atom. The number of aryl methyl sites for hydroxylation is 2. The number of allylic oxidation sites excluding steroid dienone is 2. The van der Waals surface area contributed by atoms with Crippen molar-refractivity contribution in [1.82, 2.24) is 30.3 Å². The summed E-state index contributed by atoms with van der Waals surface area (Å²) < 4.78 is 17.6. The predicted octanol–water partition coefficient (Wildman–Crippen LogP) is 7.15. The Bertz CT molecular complexity index is 2550. The third kappa shape index (κ3) is 14.2. The summed E-state index contributed by atoms with van der Waals surface area (Å²) in [4.78, 5) is 65.5. The van der Waals surface area contributed by atoms with Gasteiger partial charge in [0.2, 0.25) is 17.7 Å². The van der Waals surface area contributed by atoms with Crippen molar-refractivity contribution < 1.29 is 43.6 Å². The molecule has 1 aliphatic carbocycles. The molecule has 0 bridgehead atoms. The number of β-amino-alcohol motifs (C(OH)–C–C–N with tert-alkyl or cyclic N) is 1. The van der Waals surface area contributed by atoms with Crippen LogP contribution in [-0.4, -0.2) is 150 Å². The van der Waals surface area contributed by atoms with Crippen molar-refractivity contribution in [2.75, 3.05) is 78.8 Å². The average molecular weight is 1010 g/mol. The highest BCUT2D eigenvalue weighted by atomic mass is 32.1. The molecule has 4 N–H and O–H groups in total. The molecule has 2 saturated heterocycles. The molecule has 0 unspecified atom stereocenters. The maximum Gasteiger partial charge on any atom is 0.246 e. The SMILES string of the molecule is Cc1ccc(-c2ccc(OCCN3CCN(CCOCCOCC(=O)N[C@H](C(=O)N4C[C@H](O)C[C@H]4C(=O)N[C@@H](C)c4ccc(-c5scnc5C)cc4)C(C)(C)C)CC3)cc2)cc1C1=C(O)CC(C)(C)CC1=O. The first kappa shape index (κ1) is 54.3. The standard InChI is InChI=1S/C56H74N6O9S/c1-36-9-10-42(29-45(36)50-47(64)31-56(7,8)32-48(50)65)40-15-17-44(18-16-40)71-26-24-61-21-19-60(20-22-61)23-25-69-27-28-70-34-49(66)59-52(55(4,5)6)54(68)62-33-43(63)30-46(62)53(67)58-37(2)39-11-13-41(14-12-39)51-38(3)57-35-72-51/h9-18,29,35,37,43,46,52,63-64H,19-28,30-34H2,1-8H3,(H,58,67)(H,59,66)/t37-,43+,46-,52+/m0/s1. The molecule has 16 heteroatoms. The number of nitrogens with zero attached hydrogens (tertiary/aromatic N) is 4. The van der Waals surface area contributed by atoms with E-state index < -0.39 is 35.4 Å². The van der Waals surface area contributed by atoms with Crippen LogP contribution in [0.1, 0.15) is 89.2 Å². The molecule has 3 aliphatic rings. The number of Topliss-reactive ketones (excluding diaryl/α,β-unsaturated/α-hetero) is 1. The van der Waals surface area contributed by atoms with E-state index in [1.807, 2.05) is 128 Å². The van der Waals surface area contributed by atoms with Gasteiger partial charge in [0.1, 0.15) is 36.8 Å². The van der Waals surface area contributed by atoms with E-state index in [-0.39, 0.29) is 55.1 Å². The van der Waals surface area contributed by atoms with Gasteiger partial charge in [-0.2, -0.15) is 0 Å². The number of aliphatic hydroxyl groups is 2. The summed E-state index contributed by atoms with van der Waals surface area (Å²) in [5.41, 5.74) is 7.98. The second-order valence-electron chi connectivity index (χ2n) is 21.4. The van der Waals surface area contributed by atoms with Gasteiger partial charge in [-0.05, 0) is 83.2 Å². The number of aromatic nitrogens is 1. The summed E-state index contributed by atoms with van der Waals surface area (Å²) in [6, 6.07) is 19.8. The normalized spacial score (nSPS) is 19.6. The number of benzene rings is 3. The maximum atomic E-state index is 14.1. The molecule has 15 nitrogen and oxygen atoms in total. The Morgan fingerprint density at radius 1 is 0.847 bits per heavy atom. The summed E-state index contributed by atoms with van der Waals surface area (Å²) in [7, 11) is 0. The summed E-state index contributed by atoms with van der Waals surface area (Å²) in [5.74, 6) is -0.296. The van der Waals surface area contributed by atoms with Crippen LogP contribution in [0.5, 0.6) is 5.75 Å². The Morgan fingerprint density at radius 3 is 2.12 bits per heavy atom. The first-order valence-electron chi connectivity index (χ1n) is 25.2. The fourth-order valence-electron chi connectivity index (χ4n) is 9.73. The van der Waals surface area contributed by atoms with Gasteiger partial charge in [0.25, 0.3) is 0 Å². The summed E-state index contributed by atoms with van der Waals surface area (Å²) in [6.07, 6.45) is 0.126. The van der Waals surface area contributed by atoms with Crippen molar-refractivity contribution in [2.45, 2.75) is 98.9 Å². The second kappa shape index (κ2) is 24.0. The van der Waals surface area contributed by atoms with Crippen LogP contribution in [0.25, 0.3) is 27.1 Å². The number of ether oxygens (including phenoxy) is 3. The quantitative estimate of drug-likeness (QED) is 0.0658. The number of hydrogen-bond donors (Lipinski definition) is 4. The molecule has 0 spiro atoms. The zero-order chi connectivity index (χ0) is 51.7. The third-order valence-electron chi connectivity index (χ3n) is 13.9. The minimum absolute atomic E-state index is 0.0115. The Labute approximate surface area is 428 Å². The van der Waals surface area contributed by atoms with E-state index in [2.05, 4.69) is 25.4 Å². The Hall–Kier alpha value is -5.49. The van der Waals surface area contributed by atoms with Gasteiger partial charge < -0.3 is 40.0 Å². The van der Waals surface area contributed by atoms with Crippen molar-refractivity contribution in [1.29, 1.82) is 0 Å². The molecule has 388 valence electrons. The number of ketones is 1. The molecule has 1 aromatic heterocycles. The average Bonchev–Trinajstić information content (AvgIpc) is 3.95. The number of carbonyl (C=O) groups excluding carboxylic acids is 4. The van der Waals surface area contributed by atoms with Crippen LogP contribution < -0.4 is 15.4 Å². The van der Waals surface area contributed by atoms with Crippen LogP contribution in [-0.2, 0) is 28.7 Å². The van der Waals surface area contributed by atoms with Crippen LogP contribution in [0.3, 0.4) is 0 Å². The lowest BCUT2D eigenvalue weighted by molar-refractivity contribution is -0.144. The summed E-state index contributed by atoms with van der Waals surface area (Å²) >= 11 is 1.58. The molecular formula is C56H74N6O9S. The molecule has 3 aromatic carbocycles. The third-order valence-corrected chi connectivity index (χ3v) is 14.9. The Kier molecular flexibility index (Phi) is 18.1. The molecule has 3 amide bonds. The lowest BCUT2D eigenvalue weighted by Crippen LogP contribution is -2.58. The number of amides is 3. The van der Waals surface area contributed by atoms with E-state index in [4.69, 9.17) is 14.2 Å². The highest BCUT2D eigenvalue weighted by molar-refractivity contribution is 7.13. The van der Waals surface area contributed by atoms with Gasteiger partial charge in [-0.3, -0.25) is 29.0 Å². The first-order chi connectivity index (χ1) is 34.3. The monoisotopic (exact) mass is 1010 g/mol. The van der Waals surface area contributed by atoms with Crippen LogP contribution in [0.15, 0.2) is 78.0 Å². The number of piperazine rings is 1. The summed E-state index contributed by atoms with van der Waals surface area (Å²) in [6.45, 7) is 22.0. The van der Waals surface area contributed by atoms with E-state index in [1.54, 1.807) is 11.3 Å². The van der Waals surface area contributed by atoms with E-state index in [1.165, 1.54) is 4.90 Å². The molecule has 3 heterocycles. The van der Waals surface area contributed by atoms with Crippen molar-refractivity contribution >= 4 is 40.4 Å². The number of likely N-dealkylation sites (tertiary alicyclic amines) is 1. The largest absolute Gasteiger partial charge is 0.512 e. The van der Waals surface area contributed by atoms with E-state index in [9.17, 15) is 29.4 Å². The zero-order valence-corrected chi connectivity index (χ0v) is 44.1. The number of carbonyl (C=O) groups is 4. The van der Waals surface area contributed by atoms with Crippen molar-refractivity contribution in [3.05, 3.63) is 100 Å². The number of rotatable bonds is 20. The van der Waals surface area contributed by atoms with Crippen molar-refractivity contribution in [2.24, 2.45) is 10.8 Å². The lowest BCUT2D eigenvalue weighted by Gasteiger charge is -2.35. The van der Waals surface area contributed by atoms with Crippen molar-refractivity contribution in [3.63, 3.8) is 0 Å². The van der Waals surface area contributed by atoms with Gasteiger partial charge in [0.05, 0.1) is 53.6 Å². The molecule has 7 rings (SSSR count). The molecule has 0 saturated carbocycles. The molecular weight excluding hydrogens is 933 g/mol.